The number of fused-ring (bicyclic) bond motifs is 2. The van der Waals surface area contributed by atoms with Gasteiger partial charge in [-0.1, -0.05) is 24.1 Å². The highest BCUT2D eigenvalue weighted by atomic mass is 32.2. The molecule has 0 bridgehead atoms. The van der Waals surface area contributed by atoms with Gasteiger partial charge in [-0.15, -0.1) is 11.3 Å². The third-order valence-electron chi connectivity index (χ3n) is 7.76. The molecule has 2 aliphatic heterocycles. The number of carbonyl (C=O) groups excluding carboxylic acids is 1. The first-order chi connectivity index (χ1) is 20.1. The Kier molecular flexibility index (Phi) is 8.98. The zero-order chi connectivity index (χ0) is 28.2. The third kappa shape index (κ3) is 6.35. The Hall–Kier alpha value is -2.81. The van der Waals surface area contributed by atoms with E-state index in [4.69, 9.17) is 19.9 Å². The van der Waals surface area contributed by atoms with Gasteiger partial charge in [0.1, 0.15) is 0 Å². The molecule has 2 aliphatic rings. The summed E-state index contributed by atoms with van der Waals surface area (Å²) in [5, 5.41) is 14.4. The maximum absolute atomic E-state index is 11.3. The lowest BCUT2D eigenvalue weighted by atomic mass is 10.1. The average Bonchev–Trinajstić information content (AvgIpc) is 3.63. The fourth-order valence-electron chi connectivity index (χ4n) is 5.52. The van der Waals surface area contributed by atoms with Crippen molar-refractivity contribution in [1.82, 2.24) is 34.4 Å². The van der Waals surface area contributed by atoms with E-state index in [-0.39, 0.29) is 12.3 Å². The van der Waals surface area contributed by atoms with Crippen LogP contribution in [0.2, 0.25) is 0 Å². The first kappa shape index (κ1) is 28.3. The molecule has 0 unspecified atom stereocenters. The highest BCUT2D eigenvalue weighted by molar-refractivity contribution is 7.96. The Labute approximate surface area is 247 Å². The molecule has 5 heterocycles. The average molecular weight is 597 g/mol. The van der Waals surface area contributed by atoms with E-state index in [1.807, 2.05) is 40.2 Å². The Morgan fingerprint density at radius 3 is 2.73 bits per heavy atom. The van der Waals surface area contributed by atoms with Gasteiger partial charge in [-0.2, -0.15) is 5.10 Å². The second kappa shape index (κ2) is 13.0. The number of amides is 1. The van der Waals surface area contributed by atoms with E-state index in [2.05, 4.69) is 43.7 Å². The number of thiophene rings is 1. The number of unbranched alkanes of at least 4 members (excludes halogenated alkanes) is 1. The molecular formula is C28H36N8O3S2. The molecule has 4 aromatic rings. The molecule has 3 aromatic heterocycles. The van der Waals surface area contributed by atoms with Crippen LogP contribution in [0, 0.1) is 0 Å². The summed E-state index contributed by atoms with van der Waals surface area (Å²) in [7, 11) is 0. The largest absolute Gasteiger partial charge is 0.378 e. The van der Waals surface area contributed by atoms with Gasteiger partial charge in [0.2, 0.25) is 5.91 Å². The van der Waals surface area contributed by atoms with E-state index in [1.165, 1.54) is 4.88 Å². The van der Waals surface area contributed by atoms with Gasteiger partial charge in [0.25, 0.3) is 0 Å². The van der Waals surface area contributed by atoms with Crippen LogP contribution in [0.1, 0.15) is 24.1 Å². The van der Waals surface area contributed by atoms with Crippen molar-refractivity contribution in [2.75, 3.05) is 63.6 Å². The van der Waals surface area contributed by atoms with Crippen molar-refractivity contribution in [2.24, 2.45) is 0 Å². The minimum absolute atomic E-state index is 0.287. The summed E-state index contributed by atoms with van der Waals surface area (Å²) in [6, 6.07) is 8.42. The van der Waals surface area contributed by atoms with Crippen molar-refractivity contribution in [3.63, 3.8) is 0 Å². The predicted octanol–water partition coefficient (Wildman–Crippen LogP) is 3.62. The molecular weight excluding hydrogens is 560 g/mol. The number of ether oxygens (including phenoxy) is 1. The van der Waals surface area contributed by atoms with E-state index in [0.717, 1.165) is 84.7 Å². The van der Waals surface area contributed by atoms with Crippen LogP contribution in [-0.2, 0) is 22.6 Å². The molecule has 2 N–H and O–H groups in total. The smallest absolute Gasteiger partial charge is 0.243 e. The summed E-state index contributed by atoms with van der Waals surface area (Å²) >= 11 is 3.65. The summed E-state index contributed by atoms with van der Waals surface area (Å²) < 4.78 is 11.2. The van der Waals surface area contributed by atoms with E-state index in [1.54, 1.807) is 5.48 Å². The van der Waals surface area contributed by atoms with Crippen molar-refractivity contribution < 1.29 is 14.7 Å². The maximum Gasteiger partial charge on any atom is 0.243 e. The van der Waals surface area contributed by atoms with Crippen LogP contribution in [-0.4, -0.2) is 98.8 Å². The number of hydroxylamine groups is 1. The summed E-state index contributed by atoms with van der Waals surface area (Å²) in [5.74, 6) is 1.33. The molecule has 41 heavy (non-hydrogen) atoms. The zero-order valence-corrected chi connectivity index (χ0v) is 24.9. The summed E-state index contributed by atoms with van der Waals surface area (Å²) in [6.45, 7) is 8.95. The van der Waals surface area contributed by atoms with Gasteiger partial charge in [0.05, 0.1) is 35.1 Å². The number of hydrogen-bond acceptors (Lipinski definition) is 11. The second-order valence-corrected chi connectivity index (χ2v) is 12.4. The van der Waals surface area contributed by atoms with Gasteiger partial charge in [-0.3, -0.25) is 19.6 Å². The molecule has 6 rings (SSSR count). The molecule has 11 nitrogen and oxygen atoms in total. The molecule has 0 saturated carbocycles. The van der Waals surface area contributed by atoms with E-state index in [9.17, 15) is 4.79 Å². The normalized spacial score (nSPS) is 17.1. The van der Waals surface area contributed by atoms with Crippen molar-refractivity contribution in [1.29, 1.82) is 0 Å². The molecule has 0 atom stereocenters. The Bertz CT molecular complexity index is 1490. The van der Waals surface area contributed by atoms with Crippen LogP contribution in [0.15, 0.2) is 30.5 Å². The van der Waals surface area contributed by atoms with Crippen LogP contribution in [0.3, 0.4) is 0 Å². The minimum atomic E-state index is -0.365. The Morgan fingerprint density at radius 1 is 1.12 bits per heavy atom. The van der Waals surface area contributed by atoms with Crippen molar-refractivity contribution in [2.45, 2.75) is 32.4 Å². The highest BCUT2D eigenvalue weighted by Gasteiger charge is 2.23. The lowest BCUT2D eigenvalue weighted by Crippen LogP contribution is -2.42. The van der Waals surface area contributed by atoms with Crippen molar-refractivity contribution in [3.8, 4) is 11.4 Å². The maximum atomic E-state index is 11.3. The number of anilines is 1. The molecule has 2 fully saturated rings. The summed E-state index contributed by atoms with van der Waals surface area (Å²) in [4.78, 5) is 27.8. The summed E-state index contributed by atoms with van der Waals surface area (Å²) in [5.41, 5.74) is 4.66. The molecule has 0 spiro atoms. The second-order valence-electron chi connectivity index (χ2n) is 10.4. The van der Waals surface area contributed by atoms with E-state index in [0.29, 0.717) is 32.0 Å². The number of benzene rings is 1. The molecule has 2 saturated heterocycles. The number of hydrogen-bond donors (Lipinski definition) is 2. The van der Waals surface area contributed by atoms with Crippen LogP contribution in [0.4, 0.5) is 5.82 Å². The minimum Gasteiger partial charge on any atom is -0.378 e. The number of rotatable bonds is 10. The highest BCUT2D eigenvalue weighted by Crippen LogP contribution is 2.36. The number of carbonyl (C=O) groups is 1. The fourth-order valence-corrected chi connectivity index (χ4v) is 7.21. The third-order valence-corrected chi connectivity index (χ3v) is 9.75. The first-order valence-electron chi connectivity index (χ1n) is 14.2. The molecule has 0 aliphatic carbocycles. The van der Waals surface area contributed by atoms with Gasteiger partial charge in [-0.05, 0) is 31.2 Å². The molecule has 218 valence electrons. The number of piperazine rings is 1. The molecule has 0 radical (unpaired) electrons. The summed E-state index contributed by atoms with van der Waals surface area (Å²) in [6.07, 6.45) is 5.78. The van der Waals surface area contributed by atoms with Crippen LogP contribution >= 0.6 is 23.3 Å². The quantitative estimate of drug-likeness (QED) is 0.122. The molecule has 1 aromatic carbocycles. The standard InChI is InChI=1S/C28H36N8O3S2/c1-40-35-11-9-33(10-12-35)19-20-17-23-26(41-20)28(34-13-15-39-16-14-34)31-27(30-23)21-5-4-6-24-22(21)18-29-36(24)8-3-2-7-25(37)32-38/h4-6,17-18,38H,2-3,7-16,19H2,1H3,(H,32,37). The lowest BCUT2D eigenvalue weighted by Gasteiger charge is -2.32. The number of nitrogens with one attached hydrogen (secondary N) is 1. The predicted molar refractivity (Wildman–Crippen MR) is 163 cm³/mol. The first-order valence-corrected chi connectivity index (χ1v) is 16.1. The molecule has 13 heteroatoms. The fraction of sp³-hybridized carbons (Fsp3) is 0.500. The van der Waals surface area contributed by atoms with E-state index >= 15 is 0 Å². The van der Waals surface area contributed by atoms with E-state index < -0.39 is 0 Å². The number of aryl methyl sites for hydroxylation is 1. The SMILES string of the molecule is CSN1CCN(Cc2cc3nc(-c4cccc5c4cnn5CCCCC(=O)NO)nc(N4CCOCC4)c3s2)CC1. The van der Waals surface area contributed by atoms with Crippen LogP contribution < -0.4 is 10.4 Å². The monoisotopic (exact) mass is 596 g/mol. The van der Waals surface area contributed by atoms with Crippen LogP contribution in [0.25, 0.3) is 32.5 Å². The van der Waals surface area contributed by atoms with Gasteiger partial charge < -0.3 is 9.64 Å². The van der Waals surface area contributed by atoms with Crippen molar-refractivity contribution in [3.05, 3.63) is 35.3 Å². The Balaban J connectivity index is 1.30. The Morgan fingerprint density at radius 2 is 1.95 bits per heavy atom. The van der Waals surface area contributed by atoms with Gasteiger partial charge >= 0.3 is 0 Å². The lowest BCUT2D eigenvalue weighted by molar-refractivity contribution is -0.129. The number of nitrogens with zero attached hydrogens (tertiary/aromatic N) is 7. The topological polar surface area (TPSA) is 112 Å². The van der Waals surface area contributed by atoms with Gasteiger partial charge in [0.15, 0.2) is 11.6 Å². The van der Waals surface area contributed by atoms with Gasteiger partial charge in [0, 0.05) is 74.6 Å². The van der Waals surface area contributed by atoms with Gasteiger partial charge in [-0.25, -0.2) is 19.8 Å². The number of morpholine rings is 1. The van der Waals surface area contributed by atoms with Crippen LogP contribution in [0.5, 0.6) is 0 Å². The molecule has 1 amide bonds. The number of aromatic nitrogens is 4. The van der Waals surface area contributed by atoms with Crippen molar-refractivity contribution >= 4 is 56.1 Å². The zero-order valence-electron chi connectivity index (χ0n) is 23.3.